The van der Waals surface area contributed by atoms with Gasteiger partial charge in [0, 0.05) is 12.0 Å². The Hall–Kier alpha value is -1.93. The fourth-order valence-corrected chi connectivity index (χ4v) is 3.00. The van der Waals surface area contributed by atoms with Gasteiger partial charge in [-0.15, -0.1) is 0 Å². The SMILES string of the molecule is CS(=O)(=O)OC1C(c2ccccc2)=NOC12CCOC2=O. The van der Waals surface area contributed by atoms with E-state index < -0.39 is 27.8 Å². The number of rotatable bonds is 3. The zero-order valence-corrected chi connectivity index (χ0v) is 12.0. The van der Waals surface area contributed by atoms with Gasteiger partial charge in [-0.25, -0.2) is 4.79 Å². The summed E-state index contributed by atoms with van der Waals surface area (Å²) in [6, 6.07) is 8.83. The van der Waals surface area contributed by atoms with Crippen molar-refractivity contribution in [3.63, 3.8) is 0 Å². The van der Waals surface area contributed by atoms with Crippen molar-refractivity contribution in [2.24, 2.45) is 5.16 Å². The number of carbonyl (C=O) groups excluding carboxylic acids is 1. The number of oxime groups is 1. The highest BCUT2D eigenvalue weighted by molar-refractivity contribution is 7.86. The molecule has 3 rings (SSSR count). The van der Waals surface area contributed by atoms with Crippen molar-refractivity contribution in [2.75, 3.05) is 12.9 Å². The summed E-state index contributed by atoms with van der Waals surface area (Å²) in [5, 5.41) is 3.88. The van der Waals surface area contributed by atoms with Gasteiger partial charge in [0.1, 0.15) is 5.71 Å². The molecule has 1 fully saturated rings. The predicted octanol–water partition coefficient (Wildman–Crippen LogP) is 0.451. The summed E-state index contributed by atoms with van der Waals surface area (Å²) < 4.78 is 33.0. The van der Waals surface area contributed by atoms with E-state index in [0.717, 1.165) is 6.26 Å². The van der Waals surface area contributed by atoms with Crippen molar-refractivity contribution in [1.29, 1.82) is 0 Å². The van der Waals surface area contributed by atoms with Crippen molar-refractivity contribution >= 4 is 21.8 Å². The van der Waals surface area contributed by atoms with E-state index in [2.05, 4.69) is 5.16 Å². The van der Waals surface area contributed by atoms with Crippen LogP contribution in [0.5, 0.6) is 0 Å². The van der Waals surface area contributed by atoms with Gasteiger partial charge >= 0.3 is 5.97 Å². The van der Waals surface area contributed by atoms with E-state index in [0.29, 0.717) is 5.56 Å². The summed E-state index contributed by atoms with van der Waals surface area (Å²) in [6.07, 6.45) is -0.0433. The van der Waals surface area contributed by atoms with Crippen LogP contribution in [0.2, 0.25) is 0 Å². The minimum Gasteiger partial charge on any atom is -0.462 e. The normalized spacial score (nSPS) is 28.3. The molecule has 0 radical (unpaired) electrons. The van der Waals surface area contributed by atoms with E-state index >= 15 is 0 Å². The lowest BCUT2D eigenvalue weighted by Gasteiger charge is -2.23. The Balaban J connectivity index is 2.03. The number of nitrogens with zero attached hydrogens (tertiary/aromatic N) is 1. The number of cyclic esters (lactones) is 1. The lowest BCUT2D eigenvalue weighted by Crippen LogP contribution is -2.50. The molecule has 112 valence electrons. The molecule has 0 N–H and O–H groups in total. The number of carbonyl (C=O) groups is 1. The summed E-state index contributed by atoms with van der Waals surface area (Å²) in [4.78, 5) is 17.2. The molecule has 0 amide bonds. The molecule has 0 aliphatic carbocycles. The van der Waals surface area contributed by atoms with E-state index in [1.54, 1.807) is 24.3 Å². The summed E-state index contributed by atoms with van der Waals surface area (Å²) >= 11 is 0. The standard InChI is InChI=1S/C13H13NO6S/c1-21(16,17)19-11-10(9-5-3-2-4-6-9)14-20-13(11)7-8-18-12(13)15/h2-6,11H,7-8H2,1H3. The van der Waals surface area contributed by atoms with Crippen LogP contribution in [0.1, 0.15) is 12.0 Å². The minimum atomic E-state index is -3.80. The van der Waals surface area contributed by atoms with Crippen molar-refractivity contribution in [2.45, 2.75) is 18.1 Å². The first-order valence-corrected chi connectivity index (χ1v) is 8.11. The van der Waals surface area contributed by atoms with E-state index in [1.165, 1.54) is 0 Å². The molecular weight excluding hydrogens is 298 g/mol. The van der Waals surface area contributed by atoms with Gasteiger partial charge in [0.05, 0.1) is 12.9 Å². The number of hydrogen-bond acceptors (Lipinski definition) is 7. The van der Waals surface area contributed by atoms with Gasteiger partial charge in [-0.2, -0.15) is 8.42 Å². The monoisotopic (exact) mass is 311 g/mol. The van der Waals surface area contributed by atoms with Gasteiger partial charge in [0.2, 0.25) is 0 Å². The Morgan fingerprint density at radius 2 is 2.05 bits per heavy atom. The van der Waals surface area contributed by atoms with Crippen LogP contribution in [0, 0.1) is 0 Å². The van der Waals surface area contributed by atoms with Crippen molar-refractivity contribution in [1.82, 2.24) is 0 Å². The maximum absolute atomic E-state index is 12.0. The van der Waals surface area contributed by atoms with Crippen LogP contribution < -0.4 is 0 Å². The molecule has 1 saturated heterocycles. The van der Waals surface area contributed by atoms with Gasteiger partial charge in [-0.3, -0.25) is 4.18 Å². The highest BCUT2D eigenvalue weighted by atomic mass is 32.2. The van der Waals surface area contributed by atoms with E-state index in [9.17, 15) is 13.2 Å². The van der Waals surface area contributed by atoms with Gasteiger partial charge in [0.15, 0.2) is 6.10 Å². The quantitative estimate of drug-likeness (QED) is 0.594. The molecular formula is C13H13NO6S. The zero-order valence-electron chi connectivity index (χ0n) is 11.2. The van der Waals surface area contributed by atoms with Crippen LogP contribution >= 0.6 is 0 Å². The lowest BCUT2D eigenvalue weighted by atomic mass is 9.90. The average molecular weight is 311 g/mol. The van der Waals surface area contributed by atoms with Crippen LogP contribution in [0.3, 0.4) is 0 Å². The second-order valence-corrected chi connectivity index (χ2v) is 6.49. The molecule has 1 aromatic carbocycles. The maximum Gasteiger partial charge on any atom is 0.356 e. The van der Waals surface area contributed by atoms with Crippen LogP contribution in [0.25, 0.3) is 0 Å². The molecule has 7 nitrogen and oxygen atoms in total. The summed E-state index contributed by atoms with van der Waals surface area (Å²) in [5.41, 5.74) is -0.628. The second kappa shape index (κ2) is 4.81. The Kier molecular flexibility index (Phi) is 3.22. The van der Waals surface area contributed by atoms with E-state index in [4.69, 9.17) is 13.8 Å². The second-order valence-electron chi connectivity index (χ2n) is 4.89. The third-order valence-corrected chi connectivity index (χ3v) is 3.91. The highest BCUT2D eigenvalue weighted by Gasteiger charge is 2.61. The van der Waals surface area contributed by atoms with Crippen LogP contribution in [0.15, 0.2) is 35.5 Å². The van der Waals surface area contributed by atoms with Gasteiger partial charge in [0.25, 0.3) is 15.7 Å². The Bertz CT molecular complexity index is 699. The molecule has 2 aliphatic rings. The smallest absolute Gasteiger partial charge is 0.356 e. The fourth-order valence-electron chi connectivity index (χ4n) is 2.40. The molecule has 0 aromatic heterocycles. The number of benzene rings is 1. The van der Waals surface area contributed by atoms with Crippen LogP contribution in [0.4, 0.5) is 0 Å². The molecule has 1 aromatic rings. The first-order chi connectivity index (χ1) is 9.92. The average Bonchev–Trinajstić information content (AvgIpc) is 2.96. The molecule has 2 atom stereocenters. The minimum absolute atomic E-state index is 0.139. The maximum atomic E-state index is 12.0. The molecule has 8 heteroatoms. The lowest BCUT2D eigenvalue weighted by molar-refractivity contribution is -0.161. The zero-order chi connectivity index (χ0) is 15.1. The first-order valence-electron chi connectivity index (χ1n) is 6.29. The Morgan fingerprint density at radius 1 is 1.33 bits per heavy atom. The largest absolute Gasteiger partial charge is 0.462 e. The highest BCUT2D eigenvalue weighted by Crippen LogP contribution is 2.38. The van der Waals surface area contributed by atoms with E-state index in [-0.39, 0.29) is 18.7 Å². The van der Waals surface area contributed by atoms with E-state index in [1.807, 2.05) is 6.07 Å². The molecule has 2 heterocycles. The summed E-state index contributed by atoms with van der Waals surface area (Å²) in [7, 11) is -3.80. The number of ether oxygens (including phenoxy) is 1. The third kappa shape index (κ3) is 2.40. The van der Waals surface area contributed by atoms with Crippen molar-refractivity contribution < 1.29 is 27.0 Å². The fraction of sp³-hybridized carbons (Fsp3) is 0.385. The predicted molar refractivity (Wildman–Crippen MR) is 72.1 cm³/mol. The Morgan fingerprint density at radius 3 is 2.62 bits per heavy atom. The molecule has 0 bridgehead atoms. The number of esters is 1. The summed E-state index contributed by atoms with van der Waals surface area (Å²) in [5.74, 6) is -0.661. The molecule has 0 saturated carbocycles. The topological polar surface area (TPSA) is 91.3 Å². The molecule has 1 spiro atoms. The third-order valence-electron chi connectivity index (χ3n) is 3.37. The van der Waals surface area contributed by atoms with Crippen molar-refractivity contribution in [3.05, 3.63) is 35.9 Å². The molecule has 21 heavy (non-hydrogen) atoms. The van der Waals surface area contributed by atoms with Gasteiger partial charge in [-0.1, -0.05) is 35.5 Å². The van der Waals surface area contributed by atoms with Crippen molar-refractivity contribution in [3.8, 4) is 0 Å². The van der Waals surface area contributed by atoms with Crippen LogP contribution in [-0.2, 0) is 28.7 Å². The Labute approximate surface area is 121 Å². The van der Waals surface area contributed by atoms with Crippen LogP contribution in [-0.4, -0.2) is 44.7 Å². The summed E-state index contributed by atoms with van der Waals surface area (Å²) in [6.45, 7) is 0.139. The number of hydrogen-bond donors (Lipinski definition) is 0. The van der Waals surface area contributed by atoms with Gasteiger partial charge < -0.3 is 9.57 Å². The first kappa shape index (κ1) is 14.0. The molecule has 2 unspecified atom stereocenters. The molecule has 2 aliphatic heterocycles. The van der Waals surface area contributed by atoms with Gasteiger partial charge in [-0.05, 0) is 0 Å².